The van der Waals surface area contributed by atoms with Crippen LogP contribution in [-0.4, -0.2) is 70.8 Å². The zero-order valence-electron chi connectivity index (χ0n) is 21.3. The van der Waals surface area contributed by atoms with Crippen molar-refractivity contribution in [2.45, 2.75) is 38.0 Å². The number of amides is 2. The van der Waals surface area contributed by atoms with Crippen molar-refractivity contribution >= 4 is 33.2 Å². The van der Waals surface area contributed by atoms with Crippen LogP contribution < -0.4 is 15.4 Å². The van der Waals surface area contributed by atoms with Gasteiger partial charge in [0.05, 0.1) is 12.0 Å². The van der Waals surface area contributed by atoms with Crippen molar-refractivity contribution in [3.8, 4) is 5.75 Å². The van der Waals surface area contributed by atoms with Crippen LogP contribution in [-0.2, 0) is 19.6 Å². The number of carbonyl (C=O) groups is 2. The van der Waals surface area contributed by atoms with Crippen LogP contribution in [0.1, 0.15) is 30.4 Å². The lowest BCUT2D eigenvalue weighted by molar-refractivity contribution is -0.117. The van der Waals surface area contributed by atoms with Gasteiger partial charge in [-0.05, 0) is 88.4 Å². The van der Waals surface area contributed by atoms with E-state index >= 15 is 0 Å². The van der Waals surface area contributed by atoms with Gasteiger partial charge in [0.1, 0.15) is 5.75 Å². The molecule has 2 rings (SSSR count). The molecule has 10 heteroatoms. The number of ether oxygens (including phenoxy) is 1. The van der Waals surface area contributed by atoms with E-state index in [1.54, 1.807) is 50.2 Å². The fourth-order valence-electron chi connectivity index (χ4n) is 3.61. The molecule has 0 aliphatic carbocycles. The number of anilines is 2. The Labute approximate surface area is 208 Å². The molecule has 0 heterocycles. The van der Waals surface area contributed by atoms with Crippen molar-refractivity contribution in [1.82, 2.24) is 9.21 Å². The van der Waals surface area contributed by atoms with Crippen molar-refractivity contribution in [3.05, 3.63) is 47.5 Å². The van der Waals surface area contributed by atoms with Gasteiger partial charge >= 0.3 is 0 Å². The van der Waals surface area contributed by atoms with Crippen LogP contribution in [0.2, 0.25) is 0 Å². The molecule has 0 bridgehead atoms. The first-order valence-electron chi connectivity index (χ1n) is 11.4. The van der Waals surface area contributed by atoms with Crippen LogP contribution in [0.4, 0.5) is 11.4 Å². The minimum Gasteiger partial charge on any atom is -0.497 e. The van der Waals surface area contributed by atoms with Crippen LogP contribution in [0.25, 0.3) is 0 Å². The Kier molecular flexibility index (Phi) is 10.2. The molecule has 0 atom stereocenters. The predicted molar refractivity (Wildman–Crippen MR) is 138 cm³/mol. The van der Waals surface area contributed by atoms with E-state index in [9.17, 15) is 18.0 Å². The Morgan fingerprint density at radius 3 is 1.80 bits per heavy atom. The van der Waals surface area contributed by atoms with Gasteiger partial charge in [0, 0.05) is 37.8 Å². The summed E-state index contributed by atoms with van der Waals surface area (Å²) in [4.78, 5) is 26.7. The lowest BCUT2D eigenvalue weighted by atomic mass is 10.1. The van der Waals surface area contributed by atoms with Crippen LogP contribution in [0.3, 0.4) is 0 Å². The highest BCUT2D eigenvalue weighted by molar-refractivity contribution is 7.89. The maximum absolute atomic E-state index is 13.1. The first-order chi connectivity index (χ1) is 16.4. The van der Waals surface area contributed by atoms with Crippen LogP contribution in [0.5, 0.6) is 5.75 Å². The lowest BCUT2D eigenvalue weighted by Crippen LogP contribution is -2.31. The van der Waals surface area contributed by atoms with Crippen molar-refractivity contribution in [1.29, 1.82) is 0 Å². The molecule has 9 nitrogen and oxygen atoms in total. The smallest absolute Gasteiger partial charge is 0.243 e. The molecule has 0 radical (unpaired) electrons. The first kappa shape index (κ1) is 28.3. The Morgan fingerprint density at radius 1 is 0.857 bits per heavy atom. The molecule has 0 unspecified atom stereocenters. The van der Waals surface area contributed by atoms with Gasteiger partial charge in [-0.2, -0.15) is 0 Å². The molecule has 0 fully saturated rings. The molecule has 2 aromatic carbocycles. The van der Waals surface area contributed by atoms with E-state index in [1.807, 2.05) is 19.0 Å². The molecule has 0 aliphatic heterocycles. The van der Waals surface area contributed by atoms with Crippen molar-refractivity contribution in [2.24, 2.45) is 0 Å². The molecular formula is C25H36N4O5S. The van der Waals surface area contributed by atoms with Crippen molar-refractivity contribution in [3.63, 3.8) is 0 Å². The Hall–Kier alpha value is -2.95. The molecule has 2 aromatic rings. The van der Waals surface area contributed by atoms with E-state index < -0.39 is 10.0 Å². The van der Waals surface area contributed by atoms with Crippen molar-refractivity contribution in [2.75, 3.05) is 52.0 Å². The molecule has 192 valence electrons. The summed E-state index contributed by atoms with van der Waals surface area (Å²) in [6, 6.07) is 10.2. The molecule has 0 aliphatic rings. The van der Waals surface area contributed by atoms with E-state index in [0.29, 0.717) is 34.7 Å². The number of benzene rings is 2. The number of methoxy groups -OCH3 is 1. The quantitative estimate of drug-likeness (QED) is 0.459. The molecular weight excluding hydrogens is 468 g/mol. The number of nitrogens with one attached hydrogen (secondary N) is 2. The summed E-state index contributed by atoms with van der Waals surface area (Å²) in [5.41, 5.74) is 2.38. The van der Waals surface area contributed by atoms with E-state index in [4.69, 9.17) is 4.74 Å². The number of carbonyl (C=O) groups excluding carboxylic acids is 2. The molecule has 2 N–H and O–H groups in total. The summed E-state index contributed by atoms with van der Waals surface area (Å²) in [7, 11) is 3.15. The third-order valence-corrected chi connectivity index (χ3v) is 7.62. The van der Waals surface area contributed by atoms with Crippen LogP contribution in [0.15, 0.2) is 41.3 Å². The topological polar surface area (TPSA) is 108 Å². The Morgan fingerprint density at radius 2 is 1.34 bits per heavy atom. The molecule has 0 spiro atoms. The Bertz CT molecular complexity index is 1110. The second-order valence-corrected chi connectivity index (χ2v) is 10.7. The highest BCUT2D eigenvalue weighted by Gasteiger charge is 2.25. The molecule has 2 amide bonds. The van der Waals surface area contributed by atoms with E-state index in [2.05, 4.69) is 10.6 Å². The molecule has 0 saturated heterocycles. The van der Waals surface area contributed by atoms with Gasteiger partial charge in [0.2, 0.25) is 21.8 Å². The maximum Gasteiger partial charge on any atom is 0.243 e. The first-order valence-corrected chi connectivity index (χ1v) is 12.8. The largest absolute Gasteiger partial charge is 0.497 e. The predicted octanol–water partition coefficient (Wildman–Crippen LogP) is 3.24. The molecule has 0 saturated carbocycles. The number of hydrogen-bond acceptors (Lipinski definition) is 6. The van der Waals surface area contributed by atoms with Gasteiger partial charge in [-0.3, -0.25) is 9.59 Å². The van der Waals surface area contributed by atoms with Gasteiger partial charge in [-0.15, -0.1) is 0 Å². The molecule has 0 aromatic heterocycles. The molecule has 35 heavy (non-hydrogen) atoms. The average Bonchev–Trinajstić information content (AvgIpc) is 2.77. The number of sulfonamides is 1. The minimum atomic E-state index is -3.77. The third-order valence-electron chi connectivity index (χ3n) is 5.45. The fourth-order valence-corrected chi connectivity index (χ4v) is 5.18. The van der Waals surface area contributed by atoms with Gasteiger partial charge < -0.3 is 20.3 Å². The normalized spacial score (nSPS) is 11.5. The van der Waals surface area contributed by atoms with Gasteiger partial charge in [0.25, 0.3) is 0 Å². The minimum absolute atomic E-state index is 0.00561. The summed E-state index contributed by atoms with van der Waals surface area (Å²) < 4.78 is 32.6. The standard InChI is InChI=1S/C25H36N4O5S/c1-18-16-22(34-6)17-19(2)25(18)35(32,33)29(5)15-13-24(31)27-21-11-9-20(10-12-21)26-23(30)8-7-14-28(3)4/h9-12,16-17H,7-8,13-15H2,1-6H3,(H,26,30)(H,27,31). The van der Waals surface area contributed by atoms with E-state index in [1.165, 1.54) is 18.5 Å². The SMILES string of the molecule is COc1cc(C)c(S(=O)(=O)N(C)CCC(=O)Nc2ccc(NC(=O)CCCN(C)C)cc2)c(C)c1. The summed E-state index contributed by atoms with van der Waals surface area (Å²) >= 11 is 0. The number of rotatable bonds is 12. The summed E-state index contributed by atoms with van der Waals surface area (Å²) in [6.07, 6.45) is 1.20. The fraction of sp³-hybridized carbons (Fsp3) is 0.440. The number of nitrogens with zero attached hydrogens (tertiary/aromatic N) is 2. The van der Waals surface area contributed by atoms with Gasteiger partial charge in [0.15, 0.2) is 0 Å². The van der Waals surface area contributed by atoms with Gasteiger partial charge in [-0.1, -0.05) is 0 Å². The average molecular weight is 505 g/mol. The summed E-state index contributed by atoms with van der Waals surface area (Å²) in [5, 5.41) is 5.59. The lowest BCUT2D eigenvalue weighted by Gasteiger charge is -2.20. The van der Waals surface area contributed by atoms with E-state index in [-0.39, 0.29) is 29.7 Å². The summed E-state index contributed by atoms with van der Waals surface area (Å²) in [6.45, 7) is 4.31. The zero-order chi connectivity index (χ0) is 26.2. The van der Waals surface area contributed by atoms with Crippen LogP contribution >= 0.6 is 0 Å². The van der Waals surface area contributed by atoms with Crippen molar-refractivity contribution < 1.29 is 22.7 Å². The highest BCUT2D eigenvalue weighted by atomic mass is 32.2. The second-order valence-electron chi connectivity index (χ2n) is 8.75. The number of aryl methyl sites for hydroxylation is 2. The second kappa shape index (κ2) is 12.7. The van der Waals surface area contributed by atoms with Crippen LogP contribution in [0, 0.1) is 13.8 Å². The van der Waals surface area contributed by atoms with Gasteiger partial charge in [-0.25, -0.2) is 12.7 Å². The highest BCUT2D eigenvalue weighted by Crippen LogP contribution is 2.27. The third kappa shape index (κ3) is 8.34. The number of hydrogen-bond donors (Lipinski definition) is 2. The maximum atomic E-state index is 13.1. The zero-order valence-corrected chi connectivity index (χ0v) is 22.2. The van der Waals surface area contributed by atoms with E-state index in [0.717, 1.165) is 13.0 Å². The summed E-state index contributed by atoms with van der Waals surface area (Å²) in [5.74, 6) is 0.224. The monoisotopic (exact) mass is 504 g/mol. The Balaban J connectivity index is 1.90.